The first-order valence-corrected chi connectivity index (χ1v) is 7.54. The molecule has 1 aliphatic rings. The third-order valence-electron chi connectivity index (χ3n) is 4.12. The third-order valence-corrected chi connectivity index (χ3v) is 4.12. The van der Waals surface area contributed by atoms with Crippen molar-refractivity contribution in [3.8, 4) is 11.6 Å². The Labute approximate surface area is 128 Å². The van der Waals surface area contributed by atoms with Crippen molar-refractivity contribution in [3.05, 3.63) is 24.3 Å². The molecule has 22 heavy (non-hydrogen) atoms. The maximum absolute atomic E-state index is 12.4. The van der Waals surface area contributed by atoms with E-state index >= 15 is 0 Å². The topological polar surface area (TPSA) is 84.4 Å². The van der Waals surface area contributed by atoms with Crippen LogP contribution >= 0.6 is 0 Å². The van der Waals surface area contributed by atoms with E-state index in [1.807, 2.05) is 4.90 Å². The highest BCUT2D eigenvalue weighted by Crippen LogP contribution is 2.17. The van der Waals surface area contributed by atoms with Crippen LogP contribution in [0.3, 0.4) is 0 Å². The molecule has 0 radical (unpaired) electrons. The van der Waals surface area contributed by atoms with E-state index in [0.717, 1.165) is 13.1 Å². The van der Waals surface area contributed by atoms with Crippen LogP contribution in [-0.4, -0.2) is 46.1 Å². The number of nitrogens with one attached hydrogen (secondary N) is 1. The summed E-state index contributed by atoms with van der Waals surface area (Å²) in [4.78, 5) is 18.5. The summed E-state index contributed by atoms with van der Waals surface area (Å²) in [5, 5.41) is 7.23. The lowest BCUT2D eigenvalue weighted by Gasteiger charge is -2.38. The molecule has 0 aliphatic carbocycles. The summed E-state index contributed by atoms with van der Waals surface area (Å²) in [6.45, 7) is 5.74. The molecule has 1 fully saturated rings. The largest absolute Gasteiger partial charge is 0.461 e. The van der Waals surface area contributed by atoms with Crippen molar-refractivity contribution in [3.63, 3.8) is 0 Å². The van der Waals surface area contributed by atoms with Crippen LogP contribution in [0.2, 0.25) is 0 Å². The van der Waals surface area contributed by atoms with Gasteiger partial charge in [0.05, 0.1) is 6.26 Å². The second kappa shape index (κ2) is 6.31. The molecule has 2 atom stereocenters. The predicted molar refractivity (Wildman–Crippen MR) is 79.0 cm³/mol. The molecule has 118 valence electrons. The molecule has 1 amide bonds. The van der Waals surface area contributed by atoms with Gasteiger partial charge < -0.3 is 19.2 Å². The monoisotopic (exact) mass is 304 g/mol. The normalized spacial score (nSPS) is 22.0. The number of hydrogen-bond donors (Lipinski definition) is 1. The Morgan fingerprint density at radius 1 is 1.50 bits per heavy atom. The van der Waals surface area contributed by atoms with Gasteiger partial charge in [0.2, 0.25) is 17.6 Å². The fourth-order valence-corrected chi connectivity index (χ4v) is 2.63. The van der Waals surface area contributed by atoms with E-state index in [1.54, 1.807) is 18.4 Å². The number of aryl methyl sites for hydroxylation is 1. The summed E-state index contributed by atoms with van der Waals surface area (Å²) in [7, 11) is 0. The van der Waals surface area contributed by atoms with Gasteiger partial charge in [0.15, 0.2) is 5.76 Å². The van der Waals surface area contributed by atoms with Crippen LogP contribution in [0.5, 0.6) is 0 Å². The quantitative estimate of drug-likeness (QED) is 0.921. The molecule has 0 aromatic carbocycles. The smallest absolute Gasteiger partial charge is 0.238 e. The zero-order valence-corrected chi connectivity index (χ0v) is 12.8. The van der Waals surface area contributed by atoms with E-state index in [0.29, 0.717) is 36.4 Å². The summed E-state index contributed by atoms with van der Waals surface area (Å²) in [6, 6.07) is 4.04. The molecule has 3 heterocycles. The average Bonchev–Trinajstić information content (AvgIpc) is 3.18. The predicted octanol–water partition coefficient (Wildman–Crippen LogP) is 1.47. The molecular weight excluding hydrogens is 284 g/mol. The van der Waals surface area contributed by atoms with E-state index in [4.69, 9.17) is 8.94 Å². The number of piperazine rings is 1. The number of nitrogens with zero attached hydrogens (tertiary/aromatic N) is 3. The van der Waals surface area contributed by atoms with E-state index in [2.05, 4.69) is 29.3 Å². The van der Waals surface area contributed by atoms with Gasteiger partial charge in [-0.1, -0.05) is 5.16 Å². The molecule has 2 aromatic heterocycles. The van der Waals surface area contributed by atoms with Gasteiger partial charge in [-0.3, -0.25) is 4.79 Å². The van der Waals surface area contributed by atoms with Gasteiger partial charge in [0, 0.05) is 38.0 Å². The second-order valence-electron chi connectivity index (χ2n) is 5.56. The molecule has 0 saturated carbocycles. The molecule has 0 spiro atoms. The van der Waals surface area contributed by atoms with Gasteiger partial charge in [-0.15, -0.1) is 0 Å². The molecule has 1 aliphatic heterocycles. The molecule has 2 unspecified atom stereocenters. The van der Waals surface area contributed by atoms with Gasteiger partial charge in [0.25, 0.3) is 0 Å². The van der Waals surface area contributed by atoms with Crippen molar-refractivity contribution < 1.29 is 13.7 Å². The maximum atomic E-state index is 12.4. The van der Waals surface area contributed by atoms with Gasteiger partial charge in [-0.05, 0) is 26.0 Å². The van der Waals surface area contributed by atoms with Crippen molar-refractivity contribution in [1.29, 1.82) is 0 Å². The van der Waals surface area contributed by atoms with E-state index in [-0.39, 0.29) is 11.9 Å². The van der Waals surface area contributed by atoms with Crippen molar-refractivity contribution in [1.82, 2.24) is 20.4 Å². The highest BCUT2D eigenvalue weighted by Gasteiger charge is 2.28. The van der Waals surface area contributed by atoms with Crippen LogP contribution in [0.25, 0.3) is 11.6 Å². The molecule has 2 aromatic rings. The minimum Gasteiger partial charge on any atom is -0.461 e. The van der Waals surface area contributed by atoms with Crippen molar-refractivity contribution in [2.24, 2.45) is 0 Å². The van der Waals surface area contributed by atoms with Crippen molar-refractivity contribution in [2.45, 2.75) is 38.8 Å². The molecule has 3 rings (SSSR count). The summed E-state index contributed by atoms with van der Waals surface area (Å²) in [5.41, 5.74) is 0. The Balaban J connectivity index is 1.57. The first kappa shape index (κ1) is 14.8. The first-order valence-electron chi connectivity index (χ1n) is 7.54. The number of furan rings is 1. The minimum atomic E-state index is 0.124. The summed E-state index contributed by atoms with van der Waals surface area (Å²) in [6.07, 6.45) is 2.37. The molecule has 1 N–H and O–H groups in total. The van der Waals surface area contributed by atoms with Crippen LogP contribution in [0.1, 0.15) is 26.2 Å². The molecule has 7 nitrogen and oxygen atoms in total. The van der Waals surface area contributed by atoms with Gasteiger partial charge in [0.1, 0.15) is 0 Å². The Bertz CT molecular complexity index is 623. The summed E-state index contributed by atoms with van der Waals surface area (Å²) < 4.78 is 10.4. The van der Waals surface area contributed by atoms with E-state index in [9.17, 15) is 4.79 Å². The lowest BCUT2D eigenvalue weighted by Crippen LogP contribution is -2.57. The number of amides is 1. The molecule has 0 bridgehead atoms. The second-order valence-corrected chi connectivity index (χ2v) is 5.56. The zero-order valence-electron chi connectivity index (χ0n) is 12.8. The third kappa shape index (κ3) is 3.04. The maximum Gasteiger partial charge on any atom is 0.238 e. The minimum absolute atomic E-state index is 0.124. The van der Waals surface area contributed by atoms with Crippen LogP contribution in [-0.2, 0) is 11.2 Å². The summed E-state index contributed by atoms with van der Waals surface area (Å²) in [5.74, 6) is 1.55. The van der Waals surface area contributed by atoms with Crippen LogP contribution < -0.4 is 5.32 Å². The highest BCUT2D eigenvalue weighted by molar-refractivity contribution is 5.76. The fraction of sp³-hybridized carbons (Fsp3) is 0.533. The fourth-order valence-electron chi connectivity index (χ4n) is 2.63. The van der Waals surface area contributed by atoms with E-state index in [1.165, 1.54) is 0 Å². The van der Waals surface area contributed by atoms with Crippen molar-refractivity contribution in [2.75, 3.05) is 13.1 Å². The lowest BCUT2D eigenvalue weighted by atomic mass is 10.1. The molecular formula is C15H20N4O3. The Morgan fingerprint density at radius 3 is 3.14 bits per heavy atom. The van der Waals surface area contributed by atoms with Gasteiger partial charge >= 0.3 is 0 Å². The molecule has 1 saturated heterocycles. The first-order chi connectivity index (χ1) is 10.6. The van der Waals surface area contributed by atoms with E-state index < -0.39 is 0 Å². The molecule has 7 heteroatoms. The number of rotatable bonds is 4. The average molecular weight is 304 g/mol. The number of hydrogen-bond acceptors (Lipinski definition) is 6. The van der Waals surface area contributed by atoms with Gasteiger partial charge in [-0.25, -0.2) is 0 Å². The lowest BCUT2D eigenvalue weighted by molar-refractivity contribution is -0.134. The van der Waals surface area contributed by atoms with Crippen molar-refractivity contribution >= 4 is 5.91 Å². The van der Waals surface area contributed by atoms with Gasteiger partial charge in [-0.2, -0.15) is 4.98 Å². The zero-order chi connectivity index (χ0) is 15.5. The number of aromatic nitrogens is 2. The number of carbonyl (C=O) groups is 1. The standard InChI is InChI=1S/C15H20N4O3/c1-10-11(2)19(8-7-16-10)14(20)6-5-13-17-15(18-22-13)12-4-3-9-21-12/h3-4,9-11,16H,5-8H2,1-2H3. The van der Waals surface area contributed by atoms with Crippen LogP contribution in [0, 0.1) is 0 Å². The number of carbonyl (C=O) groups excluding carboxylic acids is 1. The highest BCUT2D eigenvalue weighted by atomic mass is 16.5. The van der Waals surface area contributed by atoms with Crippen LogP contribution in [0.4, 0.5) is 0 Å². The summed E-state index contributed by atoms with van der Waals surface area (Å²) >= 11 is 0. The van der Waals surface area contributed by atoms with Crippen LogP contribution in [0.15, 0.2) is 27.3 Å². The SMILES string of the molecule is CC1NCCN(C(=O)CCc2nc(-c3ccco3)no2)C1C. The Kier molecular flexibility index (Phi) is 4.24. The Hall–Kier alpha value is -2.15. The Morgan fingerprint density at radius 2 is 2.36 bits per heavy atom.